The Hall–Kier alpha value is -1.86. The molecule has 2 aromatic rings. The Morgan fingerprint density at radius 3 is 2.78 bits per heavy atom. The molecule has 0 radical (unpaired) electrons. The summed E-state index contributed by atoms with van der Waals surface area (Å²) < 4.78 is 10.7. The van der Waals surface area contributed by atoms with E-state index in [0.717, 1.165) is 6.42 Å². The van der Waals surface area contributed by atoms with Crippen LogP contribution in [0, 0.1) is 0 Å². The van der Waals surface area contributed by atoms with Crippen molar-refractivity contribution in [2.75, 3.05) is 20.3 Å². The fourth-order valence-corrected chi connectivity index (χ4v) is 3.09. The standard InChI is InChI=1S/C16H16BrNO4S/c1-21-14-5-4-11(9-13(14)17)16(20)22-10-15(19)18-7-6-12-3-2-8-23-12/h2-5,8-9H,6-7,10H2,1H3,(H,18,19). The molecule has 0 aliphatic heterocycles. The molecule has 7 heteroatoms. The number of hydrogen-bond acceptors (Lipinski definition) is 5. The lowest BCUT2D eigenvalue weighted by molar-refractivity contribution is -0.124. The first kappa shape index (κ1) is 17.5. The van der Waals surface area contributed by atoms with Gasteiger partial charge in [-0.2, -0.15) is 0 Å². The summed E-state index contributed by atoms with van der Waals surface area (Å²) >= 11 is 4.94. The second-order valence-corrected chi connectivity index (χ2v) is 6.49. The van der Waals surface area contributed by atoms with Crippen molar-refractivity contribution in [1.82, 2.24) is 5.32 Å². The van der Waals surface area contributed by atoms with Gasteiger partial charge < -0.3 is 14.8 Å². The van der Waals surface area contributed by atoms with E-state index in [1.807, 2.05) is 17.5 Å². The molecule has 0 unspecified atom stereocenters. The zero-order valence-corrected chi connectivity index (χ0v) is 14.9. The Morgan fingerprint density at radius 1 is 1.30 bits per heavy atom. The van der Waals surface area contributed by atoms with E-state index in [2.05, 4.69) is 21.2 Å². The van der Waals surface area contributed by atoms with Crippen LogP contribution in [0.15, 0.2) is 40.2 Å². The molecule has 23 heavy (non-hydrogen) atoms. The summed E-state index contributed by atoms with van der Waals surface area (Å²) in [5.74, 6) is -0.253. The van der Waals surface area contributed by atoms with E-state index < -0.39 is 5.97 Å². The smallest absolute Gasteiger partial charge is 0.338 e. The van der Waals surface area contributed by atoms with E-state index in [1.165, 1.54) is 4.88 Å². The molecule has 0 atom stereocenters. The molecule has 0 aliphatic rings. The quantitative estimate of drug-likeness (QED) is 0.729. The van der Waals surface area contributed by atoms with Gasteiger partial charge in [0.1, 0.15) is 5.75 Å². The first-order valence-electron chi connectivity index (χ1n) is 6.90. The van der Waals surface area contributed by atoms with Crippen molar-refractivity contribution in [3.8, 4) is 5.75 Å². The molecular formula is C16H16BrNO4S. The predicted octanol–water partition coefficient (Wildman–Crippen LogP) is 3.03. The van der Waals surface area contributed by atoms with Crippen LogP contribution < -0.4 is 10.1 Å². The number of thiophene rings is 1. The highest BCUT2D eigenvalue weighted by Crippen LogP contribution is 2.25. The molecule has 5 nitrogen and oxygen atoms in total. The van der Waals surface area contributed by atoms with Gasteiger partial charge in [-0.1, -0.05) is 6.07 Å². The van der Waals surface area contributed by atoms with Crippen LogP contribution in [0.25, 0.3) is 0 Å². The van der Waals surface area contributed by atoms with Gasteiger partial charge in [0.15, 0.2) is 6.61 Å². The fraction of sp³-hybridized carbons (Fsp3) is 0.250. The number of amides is 1. The number of nitrogens with one attached hydrogen (secondary N) is 1. The van der Waals surface area contributed by atoms with Crippen LogP contribution >= 0.6 is 27.3 Å². The van der Waals surface area contributed by atoms with Gasteiger partial charge in [-0.05, 0) is 52.0 Å². The Labute approximate surface area is 146 Å². The van der Waals surface area contributed by atoms with Crippen LogP contribution in [0.2, 0.25) is 0 Å². The van der Waals surface area contributed by atoms with Crippen molar-refractivity contribution < 1.29 is 19.1 Å². The minimum atomic E-state index is -0.554. The molecule has 1 amide bonds. The third-order valence-corrected chi connectivity index (χ3v) is 4.55. The lowest BCUT2D eigenvalue weighted by Crippen LogP contribution is -2.30. The van der Waals surface area contributed by atoms with E-state index in [-0.39, 0.29) is 12.5 Å². The molecule has 0 saturated carbocycles. The molecule has 2 rings (SSSR count). The summed E-state index contributed by atoms with van der Waals surface area (Å²) in [4.78, 5) is 24.8. The maximum atomic E-state index is 11.9. The number of halogens is 1. The molecule has 122 valence electrons. The van der Waals surface area contributed by atoms with Crippen molar-refractivity contribution in [3.63, 3.8) is 0 Å². The van der Waals surface area contributed by atoms with Crippen LogP contribution in [0.5, 0.6) is 5.75 Å². The second kappa shape index (κ2) is 8.69. The number of methoxy groups -OCH3 is 1. The maximum Gasteiger partial charge on any atom is 0.338 e. The Bertz CT molecular complexity index is 673. The Morgan fingerprint density at radius 2 is 2.13 bits per heavy atom. The summed E-state index contributed by atoms with van der Waals surface area (Å²) in [5, 5.41) is 4.71. The van der Waals surface area contributed by atoms with Gasteiger partial charge in [-0.25, -0.2) is 4.79 Å². The van der Waals surface area contributed by atoms with Crippen LogP contribution in [0.4, 0.5) is 0 Å². The van der Waals surface area contributed by atoms with Crippen molar-refractivity contribution >= 4 is 39.1 Å². The molecule has 1 aromatic carbocycles. The number of benzene rings is 1. The average Bonchev–Trinajstić information content (AvgIpc) is 3.06. The lowest BCUT2D eigenvalue weighted by atomic mass is 10.2. The zero-order chi connectivity index (χ0) is 16.7. The topological polar surface area (TPSA) is 64.6 Å². The number of carbonyl (C=O) groups excluding carboxylic acids is 2. The first-order chi connectivity index (χ1) is 11.1. The largest absolute Gasteiger partial charge is 0.496 e. The summed E-state index contributed by atoms with van der Waals surface area (Å²) in [6.45, 7) is 0.220. The monoisotopic (exact) mass is 397 g/mol. The van der Waals surface area contributed by atoms with Gasteiger partial charge in [0.25, 0.3) is 5.91 Å². The number of ether oxygens (including phenoxy) is 2. The fourth-order valence-electron chi connectivity index (χ4n) is 1.84. The van der Waals surface area contributed by atoms with Crippen molar-refractivity contribution in [2.45, 2.75) is 6.42 Å². The molecule has 1 aromatic heterocycles. The second-order valence-electron chi connectivity index (χ2n) is 4.60. The van der Waals surface area contributed by atoms with Gasteiger partial charge in [0, 0.05) is 11.4 Å². The van der Waals surface area contributed by atoms with Crippen LogP contribution in [-0.2, 0) is 16.0 Å². The number of rotatable bonds is 7. The van der Waals surface area contributed by atoms with Crippen molar-refractivity contribution in [1.29, 1.82) is 0 Å². The van der Waals surface area contributed by atoms with Crippen molar-refractivity contribution in [2.24, 2.45) is 0 Å². The molecule has 1 heterocycles. The van der Waals surface area contributed by atoms with Crippen molar-refractivity contribution in [3.05, 3.63) is 50.6 Å². The van der Waals surface area contributed by atoms with Gasteiger partial charge in [-0.15, -0.1) is 11.3 Å². The summed E-state index contributed by atoms with van der Waals surface area (Å²) in [6.07, 6.45) is 0.767. The third-order valence-electron chi connectivity index (χ3n) is 3.00. The number of hydrogen-bond donors (Lipinski definition) is 1. The van der Waals surface area contributed by atoms with Gasteiger partial charge in [0.05, 0.1) is 17.1 Å². The maximum absolute atomic E-state index is 11.9. The zero-order valence-electron chi connectivity index (χ0n) is 12.5. The van der Waals surface area contributed by atoms with E-state index in [4.69, 9.17) is 9.47 Å². The molecule has 1 N–H and O–H groups in total. The van der Waals surface area contributed by atoms with E-state index in [9.17, 15) is 9.59 Å². The van der Waals surface area contributed by atoms with E-state index in [0.29, 0.717) is 22.3 Å². The first-order valence-corrected chi connectivity index (χ1v) is 8.57. The molecule has 0 aliphatic carbocycles. The SMILES string of the molecule is COc1ccc(C(=O)OCC(=O)NCCc2cccs2)cc1Br. The van der Waals surface area contributed by atoms with Crippen LogP contribution in [-0.4, -0.2) is 32.1 Å². The Kier molecular flexibility index (Phi) is 6.61. The van der Waals surface area contributed by atoms with E-state index in [1.54, 1.807) is 36.6 Å². The average molecular weight is 398 g/mol. The lowest BCUT2D eigenvalue weighted by Gasteiger charge is -2.08. The highest BCUT2D eigenvalue weighted by atomic mass is 79.9. The minimum Gasteiger partial charge on any atom is -0.496 e. The number of carbonyl (C=O) groups is 2. The molecule has 0 spiro atoms. The van der Waals surface area contributed by atoms with Gasteiger partial charge >= 0.3 is 5.97 Å². The third kappa shape index (κ3) is 5.37. The molecule has 0 bridgehead atoms. The minimum absolute atomic E-state index is 0.299. The number of esters is 1. The van der Waals surface area contributed by atoms with Gasteiger partial charge in [0.2, 0.25) is 0 Å². The normalized spacial score (nSPS) is 10.2. The molecule has 0 saturated heterocycles. The predicted molar refractivity (Wildman–Crippen MR) is 92.0 cm³/mol. The van der Waals surface area contributed by atoms with Gasteiger partial charge in [-0.3, -0.25) is 4.79 Å². The highest BCUT2D eigenvalue weighted by molar-refractivity contribution is 9.10. The van der Waals surface area contributed by atoms with E-state index >= 15 is 0 Å². The molecule has 0 fully saturated rings. The van der Waals surface area contributed by atoms with Crippen LogP contribution in [0.1, 0.15) is 15.2 Å². The van der Waals surface area contributed by atoms with Crippen LogP contribution in [0.3, 0.4) is 0 Å². The molecular weight excluding hydrogens is 382 g/mol. The Balaban J connectivity index is 1.75. The summed E-state index contributed by atoms with van der Waals surface area (Å²) in [6, 6.07) is 8.81. The summed E-state index contributed by atoms with van der Waals surface area (Å²) in [5.41, 5.74) is 0.351. The summed E-state index contributed by atoms with van der Waals surface area (Å²) in [7, 11) is 1.54. The highest BCUT2D eigenvalue weighted by Gasteiger charge is 2.12.